The zero-order valence-electron chi connectivity index (χ0n) is 14.8. The molecule has 0 amide bonds. The molecule has 0 heterocycles. The Morgan fingerprint density at radius 1 is 0.815 bits per heavy atom. The molecule has 0 aliphatic rings. The summed E-state index contributed by atoms with van der Waals surface area (Å²) in [5.74, 6) is -2.04. The van der Waals surface area contributed by atoms with Crippen LogP contribution >= 0.6 is 23.2 Å². The molecular weight excluding hydrogens is 448 g/mol. The standard InChI is InChI=1S/2C9H9ClO3.Zn/c2*1-2-13-8-5-6(10)3-4-7(8)9(11)12;/h2*3-5H,2H2,1H3,(H,11,12);/q;;+2/p-2. The van der Waals surface area contributed by atoms with Crippen LogP contribution in [0.4, 0.5) is 0 Å². The number of carbonyl (C=O) groups excluding carboxylic acids is 2. The molecule has 0 saturated carbocycles. The number of hydrogen-bond acceptors (Lipinski definition) is 6. The van der Waals surface area contributed by atoms with E-state index < -0.39 is 11.9 Å². The molecule has 2 rings (SSSR count). The second-order valence-corrected chi connectivity index (χ2v) is 5.59. The first-order chi connectivity index (χ1) is 12.3. The van der Waals surface area contributed by atoms with Gasteiger partial charge in [-0.15, -0.1) is 0 Å². The fourth-order valence-electron chi connectivity index (χ4n) is 1.88. The third kappa shape index (κ3) is 8.16. The molecule has 0 radical (unpaired) electrons. The van der Waals surface area contributed by atoms with Crippen molar-refractivity contribution in [3.8, 4) is 11.5 Å². The van der Waals surface area contributed by atoms with Gasteiger partial charge in [0, 0.05) is 21.2 Å². The van der Waals surface area contributed by atoms with Gasteiger partial charge in [-0.05, 0) is 50.2 Å². The molecule has 0 aromatic heterocycles. The van der Waals surface area contributed by atoms with Crippen LogP contribution in [-0.2, 0) is 19.5 Å². The Morgan fingerprint density at radius 3 is 1.41 bits per heavy atom. The van der Waals surface area contributed by atoms with E-state index >= 15 is 0 Å². The first-order valence-corrected chi connectivity index (χ1v) is 8.33. The summed E-state index contributed by atoms with van der Waals surface area (Å²) in [6.07, 6.45) is 0. The van der Waals surface area contributed by atoms with Crippen LogP contribution in [0.3, 0.4) is 0 Å². The molecule has 0 saturated heterocycles. The molecule has 0 atom stereocenters. The molecule has 9 heteroatoms. The summed E-state index contributed by atoms with van der Waals surface area (Å²) in [5, 5.41) is 22.0. The minimum Gasteiger partial charge on any atom is -0.545 e. The largest absolute Gasteiger partial charge is 2.00 e. The van der Waals surface area contributed by atoms with Gasteiger partial charge in [-0.25, -0.2) is 0 Å². The van der Waals surface area contributed by atoms with Crippen LogP contribution in [0, 0.1) is 0 Å². The van der Waals surface area contributed by atoms with Gasteiger partial charge >= 0.3 is 19.5 Å². The Labute approximate surface area is 179 Å². The Bertz CT molecular complexity index is 717. The number of ether oxygens (including phenoxy) is 2. The van der Waals surface area contributed by atoms with Gasteiger partial charge in [0.2, 0.25) is 0 Å². The predicted octanol–water partition coefficient (Wildman–Crippen LogP) is 2.20. The fraction of sp³-hybridized carbons (Fsp3) is 0.222. The summed E-state index contributed by atoms with van der Waals surface area (Å²) in [6, 6.07) is 8.60. The van der Waals surface area contributed by atoms with Crippen molar-refractivity contribution in [2.75, 3.05) is 13.2 Å². The molecule has 6 nitrogen and oxygen atoms in total. The van der Waals surface area contributed by atoms with E-state index in [9.17, 15) is 19.8 Å². The van der Waals surface area contributed by atoms with Crippen LogP contribution in [0.15, 0.2) is 36.4 Å². The number of carbonyl (C=O) groups is 2. The topological polar surface area (TPSA) is 98.7 Å². The first-order valence-electron chi connectivity index (χ1n) is 7.57. The molecule has 27 heavy (non-hydrogen) atoms. The van der Waals surface area contributed by atoms with Gasteiger partial charge in [-0.2, -0.15) is 0 Å². The average Bonchev–Trinajstić information content (AvgIpc) is 2.55. The van der Waals surface area contributed by atoms with Gasteiger partial charge in [-0.3, -0.25) is 0 Å². The van der Waals surface area contributed by atoms with Crippen molar-refractivity contribution in [1.29, 1.82) is 0 Å². The monoisotopic (exact) mass is 462 g/mol. The third-order valence-corrected chi connectivity index (χ3v) is 3.40. The fourth-order valence-corrected chi connectivity index (χ4v) is 2.20. The van der Waals surface area contributed by atoms with Crippen molar-refractivity contribution in [3.05, 3.63) is 57.6 Å². The van der Waals surface area contributed by atoms with E-state index in [1.54, 1.807) is 13.8 Å². The van der Waals surface area contributed by atoms with E-state index in [-0.39, 0.29) is 42.1 Å². The van der Waals surface area contributed by atoms with Crippen LogP contribution in [0.2, 0.25) is 10.0 Å². The number of hydrogen-bond donors (Lipinski definition) is 0. The molecule has 2 aromatic rings. The van der Waals surface area contributed by atoms with Crippen molar-refractivity contribution in [1.82, 2.24) is 0 Å². The van der Waals surface area contributed by atoms with Crippen LogP contribution < -0.4 is 19.7 Å². The number of aromatic carboxylic acids is 2. The number of carboxylic acids is 2. The van der Waals surface area contributed by atoms with Crippen LogP contribution in [0.25, 0.3) is 0 Å². The maximum absolute atomic E-state index is 10.6. The molecule has 0 N–H and O–H groups in total. The molecule has 0 unspecified atom stereocenters. The van der Waals surface area contributed by atoms with Gasteiger partial charge in [0.25, 0.3) is 0 Å². The van der Waals surface area contributed by atoms with E-state index in [0.717, 1.165) is 0 Å². The van der Waals surface area contributed by atoms with Crippen molar-refractivity contribution >= 4 is 35.1 Å². The maximum Gasteiger partial charge on any atom is 2.00 e. The quantitative estimate of drug-likeness (QED) is 0.608. The van der Waals surface area contributed by atoms with Crippen LogP contribution in [0.1, 0.15) is 34.6 Å². The summed E-state index contributed by atoms with van der Waals surface area (Å²) in [7, 11) is 0. The average molecular weight is 465 g/mol. The summed E-state index contributed by atoms with van der Waals surface area (Å²) >= 11 is 11.3. The Kier molecular flexibility index (Phi) is 11.7. The number of carboxylic acid groups (broad SMARTS) is 2. The summed E-state index contributed by atoms with van der Waals surface area (Å²) in [6.45, 7) is 4.31. The number of halogens is 2. The molecule has 0 spiro atoms. The van der Waals surface area contributed by atoms with Gasteiger partial charge in [0.05, 0.1) is 25.2 Å². The van der Waals surface area contributed by atoms with Crippen LogP contribution in [-0.4, -0.2) is 25.2 Å². The molecule has 0 fully saturated rings. The third-order valence-electron chi connectivity index (χ3n) is 2.93. The second kappa shape index (κ2) is 12.5. The van der Waals surface area contributed by atoms with Crippen molar-refractivity contribution in [2.45, 2.75) is 13.8 Å². The Morgan fingerprint density at radius 2 is 1.15 bits per heavy atom. The number of benzene rings is 2. The molecule has 2 aromatic carbocycles. The van der Waals surface area contributed by atoms with E-state index in [1.165, 1.54) is 36.4 Å². The maximum atomic E-state index is 10.6. The van der Waals surface area contributed by atoms with Gasteiger partial charge < -0.3 is 29.3 Å². The van der Waals surface area contributed by atoms with E-state index in [4.69, 9.17) is 32.7 Å². The second-order valence-electron chi connectivity index (χ2n) is 4.72. The van der Waals surface area contributed by atoms with Gasteiger partial charge in [0.15, 0.2) is 0 Å². The molecule has 140 valence electrons. The Hall–Kier alpha value is -1.82. The molecule has 0 aliphatic heterocycles. The Balaban J connectivity index is 0.000000483. The summed E-state index contributed by atoms with van der Waals surface area (Å²) in [5.41, 5.74) is 0.0394. The van der Waals surface area contributed by atoms with E-state index in [1.807, 2.05) is 0 Å². The van der Waals surface area contributed by atoms with Gasteiger partial charge in [-0.1, -0.05) is 23.2 Å². The number of rotatable bonds is 6. The predicted molar refractivity (Wildman–Crippen MR) is 93.9 cm³/mol. The SMILES string of the molecule is CCOc1cc(Cl)ccc1C(=O)[O-].CCOc1cc(Cl)ccc1C(=O)[O-].[Zn+2]. The minimum atomic E-state index is -1.26. The minimum absolute atomic E-state index is 0. The van der Waals surface area contributed by atoms with E-state index in [2.05, 4.69) is 0 Å². The normalized spacial score (nSPS) is 9.33. The zero-order valence-corrected chi connectivity index (χ0v) is 19.3. The van der Waals surface area contributed by atoms with Crippen molar-refractivity contribution < 1.29 is 48.8 Å². The summed E-state index contributed by atoms with van der Waals surface area (Å²) < 4.78 is 10.1. The van der Waals surface area contributed by atoms with Crippen molar-refractivity contribution in [2.24, 2.45) is 0 Å². The smallest absolute Gasteiger partial charge is 0.545 e. The summed E-state index contributed by atoms with van der Waals surface area (Å²) in [4.78, 5) is 21.1. The molecule has 0 aliphatic carbocycles. The first kappa shape index (κ1) is 25.2. The van der Waals surface area contributed by atoms with E-state index in [0.29, 0.717) is 23.3 Å². The molecule has 0 bridgehead atoms. The van der Waals surface area contributed by atoms with Crippen molar-refractivity contribution in [3.63, 3.8) is 0 Å². The zero-order chi connectivity index (χ0) is 19.7. The van der Waals surface area contributed by atoms with Gasteiger partial charge in [0.1, 0.15) is 11.5 Å². The molecular formula is C18H16Cl2O6Zn. The van der Waals surface area contributed by atoms with Crippen LogP contribution in [0.5, 0.6) is 11.5 Å².